The van der Waals surface area contributed by atoms with E-state index in [9.17, 15) is 14.4 Å². The molecule has 1 aromatic carbocycles. The molecule has 0 atom stereocenters. The molecule has 0 bridgehead atoms. The van der Waals surface area contributed by atoms with E-state index < -0.39 is 11.9 Å². The lowest BCUT2D eigenvalue weighted by atomic mass is 10.1. The zero-order valence-corrected chi connectivity index (χ0v) is 14.1. The van der Waals surface area contributed by atoms with Crippen LogP contribution in [0.2, 0.25) is 0 Å². The highest BCUT2D eigenvalue weighted by Gasteiger charge is 2.16. The standard InChI is InChI=1S/C21H17O5/c22-14-15-6-4-10-18(12-15)25-21(24)17-9-5-11-19(13-17)26-20(23)16-7-2-1-3-8-16/h2,5-9,11-13H,1,3-4,10H2. The molecule has 1 aromatic rings. The van der Waals surface area contributed by atoms with Crippen molar-refractivity contribution in [1.29, 1.82) is 0 Å². The minimum atomic E-state index is -0.571. The van der Waals surface area contributed by atoms with Gasteiger partial charge in [-0.3, -0.25) is 4.79 Å². The maximum absolute atomic E-state index is 12.3. The summed E-state index contributed by atoms with van der Waals surface area (Å²) in [4.78, 5) is 35.1. The van der Waals surface area contributed by atoms with Crippen molar-refractivity contribution in [3.8, 4) is 5.75 Å². The second kappa shape index (κ2) is 8.25. The van der Waals surface area contributed by atoms with Crippen molar-refractivity contribution < 1.29 is 23.9 Å². The minimum Gasteiger partial charge on any atom is -0.427 e. The summed E-state index contributed by atoms with van der Waals surface area (Å²) in [7, 11) is 0. The van der Waals surface area contributed by atoms with Crippen LogP contribution in [0.3, 0.4) is 0 Å². The fourth-order valence-electron chi connectivity index (χ4n) is 2.62. The number of hydrogen-bond acceptors (Lipinski definition) is 5. The highest BCUT2D eigenvalue weighted by Crippen LogP contribution is 2.21. The molecule has 0 saturated carbocycles. The summed E-state index contributed by atoms with van der Waals surface area (Å²) in [6.07, 6.45) is 13.4. The fourth-order valence-corrected chi connectivity index (χ4v) is 2.62. The average molecular weight is 349 g/mol. The van der Waals surface area contributed by atoms with Crippen LogP contribution in [0.1, 0.15) is 36.0 Å². The Balaban J connectivity index is 1.68. The largest absolute Gasteiger partial charge is 0.427 e. The Morgan fingerprint density at radius 2 is 1.88 bits per heavy atom. The molecular weight excluding hydrogens is 332 g/mol. The van der Waals surface area contributed by atoms with Crippen molar-refractivity contribution in [2.75, 3.05) is 0 Å². The third kappa shape index (κ3) is 4.45. The number of carbonyl (C=O) groups is 2. The summed E-state index contributed by atoms with van der Waals surface area (Å²) < 4.78 is 10.7. The normalized spacial score (nSPS) is 16.1. The van der Waals surface area contributed by atoms with Crippen LogP contribution in [0, 0.1) is 0 Å². The molecule has 2 aliphatic rings. The van der Waals surface area contributed by atoms with Crippen LogP contribution in [0.15, 0.2) is 71.6 Å². The lowest BCUT2D eigenvalue weighted by Gasteiger charge is -2.12. The molecule has 2 aliphatic carbocycles. The van der Waals surface area contributed by atoms with Crippen LogP contribution in [0.5, 0.6) is 5.75 Å². The topological polar surface area (TPSA) is 69.7 Å². The van der Waals surface area contributed by atoms with E-state index in [0.717, 1.165) is 12.8 Å². The van der Waals surface area contributed by atoms with Gasteiger partial charge < -0.3 is 9.47 Å². The third-order valence-corrected chi connectivity index (χ3v) is 3.92. The maximum Gasteiger partial charge on any atom is 0.343 e. The van der Waals surface area contributed by atoms with Gasteiger partial charge >= 0.3 is 11.9 Å². The minimum absolute atomic E-state index is 0.260. The zero-order valence-electron chi connectivity index (χ0n) is 14.1. The number of allylic oxidation sites excluding steroid dienone is 6. The number of hydrogen-bond donors (Lipinski definition) is 0. The Hall–Kier alpha value is -3.21. The van der Waals surface area contributed by atoms with Gasteiger partial charge in [-0.25, -0.2) is 9.59 Å². The summed E-state index contributed by atoms with van der Waals surface area (Å²) in [6, 6.07) is 6.25. The summed E-state index contributed by atoms with van der Waals surface area (Å²) >= 11 is 0. The molecule has 3 rings (SSSR count). The van der Waals surface area contributed by atoms with Gasteiger partial charge in [0.1, 0.15) is 11.5 Å². The quantitative estimate of drug-likeness (QED) is 0.598. The van der Waals surface area contributed by atoms with Crippen LogP contribution in [0.4, 0.5) is 0 Å². The molecule has 0 heterocycles. The van der Waals surface area contributed by atoms with Crippen molar-refractivity contribution in [2.45, 2.75) is 25.7 Å². The molecule has 0 spiro atoms. The van der Waals surface area contributed by atoms with Gasteiger partial charge in [-0.1, -0.05) is 30.4 Å². The van der Waals surface area contributed by atoms with Gasteiger partial charge in [-0.15, -0.1) is 0 Å². The first kappa shape index (κ1) is 17.6. The molecule has 0 amide bonds. The van der Waals surface area contributed by atoms with Gasteiger partial charge in [0.05, 0.1) is 11.1 Å². The Morgan fingerprint density at radius 3 is 2.65 bits per heavy atom. The molecule has 0 aromatic heterocycles. The smallest absolute Gasteiger partial charge is 0.343 e. The van der Waals surface area contributed by atoms with Gasteiger partial charge in [0, 0.05) is 12.0 Å². The van der Waals surface area contributed by atoms with Gasteiger partial charge in [-0.2, -0.15) is 0 Å². The summed E-state index contributed by atoms with van der Waals surface area (Å²) in [5.41, 5.74) is 1.13. The summed E-state index contributed by atoms with van der Waals surface area (Å²) in [5.74, 6) is -0.352. The number of rotatable bonds is 5. The second-order valence-electron chi connectivity index (χ2n) is 5.86. The van der Waals surface area contributed by atoms with E-state index in [-0.39, 0.29) is 11.3 Å². The average Bonchev–Trinajstić information content (AvgIpc) is 2.69. The van der Waals surface area contributed by atoms with Crippen molar-refractivity contribution in [2.24, 2.45) is 0 Å². The molecule has 131 valence electrons. The predicted molar refractivity (Wildman–Crippen MR) is 95.0 cm³/mol. The van der Waals surface area contributed by atoms with Crippen LogP contribution >= 0.6 is 0 Å². The first-order chi connectivity index (χ1) is 12.7. The third-order valence-electron chi connectivity index (χ3n) is 3.92. The molecule has 0 N–H and O–H groups in total. The molecular formula is C21H17O5. The Kier molecular flexibility index (Phi) is 5.59. The highest BCUT2D eigenvalue weighted by atomic mass is 16.5. The first-order valence-electron chi connectivity index (χ1n) is 8.36. The lowest BCUT2D eigenvalue weighted by Crippen LogP contribution is -2.12. The van der Waals surface area contributed by atoms with Crippen LogP contribution < -0.4 is 4.74 Å². The van der Waals surface area contributed by atoms with Crippen LogP contribution in [-0.4, -0.2) is 18.2 Å². The van der Waals surface area contributed by atoms with Crippen LogP contribution in [-0.2, 0) is 14.3 Å². The molecule has 1 radical (unpaired) electrons. The SMILES string of the molecule is O=[C]C1=CCCC(OC(=O)c2cccc(OC(=O)C3=CCCC=C3)c2)=C1. The molecule has 0 saturated heterocycles. The van der Waals surface area contributed by atoms with Crippen molar-refractivity contribution in [3.05, 3.63) is 77.1 Å². The molecule has 5 nitrogen and oxygen atoms in total. The van der Waals surface area contributed by atoms with E-state index in [4.69, 9.17) is 9.47 Å². The van der Waals surface area contributed by atoms with Crippen molar-refractivity contribution in [1.82, 2.24) is 0 Å². The number of carbonyl (C=O) groups excluding carboxylic acids is 3. The van der Waals surface area contributed by atoms with Crippen molar-refractivity contribution >= 4 is 18.2 Å². The second-order valence-corrected chi connectivity index (χ2v) is 5.86. The van der Waals surface area contributed by atoms with Gasteiger partial charge in [0.25, 0.3) is 0 Å². The van der Waals surface area contributed by atoms with Crippen molar-refractivity contribution in [3.63, 3.8) is 0 Å². The number of esters is 2. The number of benzene rings is 1. The van der Waals surface area contributed by atoms with E-state index in [1.807, 2.05) is 12.2 Å². The zero-order chi connectivity index (χ0) is 18.4. The molecule has 5 heteroatoms. The van der Waals surface area contributed by atoms with E-state index >= 15 is 0 Å². The highest BCUT2D eigenvalue weighted by molar-refractivity contribution is 5.94. The summed E-state index contributed by atoms with van der Waals surface area (Å²) in [5, 5.41) is 0. The Bertz CT molecular complexity index is 855. The van der Waals surface area contributed by atoms with E-state index in [2.05, 4.69) is 0 Å². The van der Waals surface area contributed by atoms with Gasteiger partial charge in [0.2, 0.25) is 6.29 Å². The van der Waals surface area contributed by atoms with E-state index in [1.54, 1.807) is 36.6 Å². The van der Waals surface area contributed by atoms with E-state index in [0.29, 0.717) is 29.7 Å². The van der Waals surface area contributed by atoms with E-state index in [1.165, 1.54) is 12.1 Å². The van der Waals surface area contributed by atoms with Gasteiger partial charge in [-0.05, 0) is 43.5 Å². The lowest BCUT2D eigenvalue weighted by molar-refractivity contribution is -0.129. The molecule has 0 fully saturated rings. The number of ether oxygens (including phenoxy) is 2. The molecule has 0 unspecified atom stereocenters. The first-order valence-corrected chi connectivity index (χ1v) is 8.36. The summed E-state index contributed by atoms with van der Waals surface area (Å²) in [6.45, 7) is 0. The molecule has 26 heavy (non-hydrogen) atoms. The van der Waals surface area contributed by atoms with Crippen LogP contribution in [0.25, 0.3) is 0 Å². The predicted octanol–water partition coefficient (Wildman–Crippen LogP) is 3.74. The van der Waals surface area contributed by atoms with Gasteiger partial charge in [0.15, 0.2) is 0 Å². The monoisotopic (exact) mass is 349 g/mol. The fraction of sp³-hybridized carbons (Fsp3) is 0.190. The Morgan fingerprint density at radius 1 is 1.00 bits per heavy atom. The molecule has 0 aliphatic heterocycles. The maximum atomic E-state index is 12.3. The Labute approximate surface area is 151 Å².